The van der Waals surface area contributed by atoms with E-state index in [2.05, 4.69) is 62.5 Å². The van der Waals surface area contributed by atoms with Crippen LogP contribution in [0, 0.1) is 0 Å². The van der Waals surface area contributed by atoms with Crippen molar-refractivity contribution in [2.45, 2.75) is 289 Å². The van der Waals surface area contributed by atoms with Crippen molar-refractivity contribution in [2.75, 3.05) is 41.0 Å². The predicted molar refractivity (Wildman–Crippen MR) is 298 cm³/mol. The Balaban J connectivity index is 4.14. The molecule has 0 fully saturated rings. The number of hydrogen-bond donors (Lipinski definition) is 1. The van der Waals surface area contributed by atoms with Crippen LogP contribution in [0.3, 0.4) is 0 Å². The minimum atomic E-state index is -0.873. The zero-order chi connectivity index (χ0) is 51.3. The summed E-state index contributed by atoms with van der Waals surface area (Å²) in [5, 5.41) is 9.69. The first-order valence-electron chi connectivity index (χ1n) is 29.7. The number of carboxylic acid groups (broad SMARTS) is 1. The van der Waals surface area contributed by atoms with Crippen LogP contribution < -0.4 is 0 Å². The van der Waals surface area contributed by atoms with Crippen LogP contribution >= 0.6 is 0 Å². The van der Waals surface area contributed by atoms with Crippen molar-refractivity contribution in [3.8, 4) is 0 Å². The molecule has 0 bridgehead atoms. The van der Waals surface area contributed by atoms with Crippen LogP contribution in [0.15, 0.2) is 48.6 Å². The largest absolute Gasteiger partial charge is 0.477 e. The van der Waals surface area contributed by atoms with Gasteiger partial charge in [0.15, 0.2) is 12.1 Å². The molecular weight excluding hydrogens is 871 g/mol. The lowest BCUT2D eigenvalue weighted by atomic mass is 10.0. The second-order valence-electron chi connectivity index (χ2n) is 21.2. The smallest absolute Gasteiger partial charge is 0.362 e. The maximum atomic E-state index is 12.9. The van der Waals surface area contributed by atoms with Gasteiger partial charge < -0.3 is 23.8 Å². The number of ether oxygens (including phenoxy) is 3. The number of carbonyl (C=O) groups excluding carboxylic acids is 2. The number of rotatable bonds is 54. The van der Waals surface area contributed by atoms with E-state index in [1.807, 2.05) is 21.1 Å². The van der Waals surface area contributed by atoms with Crippen LogP contribution in [0.25, 0.3) is 0 Å². The van der Waals surface area contributed by atoms with Gasteiger partial charge in [-0.15, -0.1) is 0 Å². The monoisotopic (exact) mass is 985 g/mol. The van der Waals surface area contributed by atoms with Crippen LogP contribution in [0.2, 0.25) is 0 Å². The molecule has 8 nitrogen and oxygen atoms in total. The van der Waals surface area contributed by atoms with Crippen LogP contribution in [0.5, 0.6) is 0 Å². The quantitative estimate of drug-likeness (QED) is 0.0280. The highest BCUT2D eigenvalue weighted by Gasteiger charge is 2.31. The number of esters is 2. The number of carbonyl (C=O) groups is 3. The molecule has 0 aliphatic heterocycles. The van der Waals surface area contributed by atoms with E-state index >= 15 is 0 Å². The zero-order valence-corrected chi connectivity index (χ0v) is 46.7. The molecule has 0 heterocycles. The number of hydrogen-bond acceptors (Lipinski definition) is 6. The van der Waals surface area contributed by atoms with Crippen molar-refractivity contribution in [1.82, 2.24) is 0 Å². The lowest BCUT2D eigenvalue weighted by Crippen LogP contribution is -2.50. The van der Waals surface area contributed by atoms with Gasteiger partial charge in [-0.3, -0.25) is 9.59 Å². The highest BCUT2D eigenvalue weighted by Crippen LogP contribution is 2.17. The van der Waals surface area contributed by atoms with Gasteiger partial charge in [0.1, 0.15) is 6.61 Å². The summed E-state index contributed by atoms with van der Waals surface area (Å²) in [5.74, 6) is -1.46. The van der Waals surface area contributed by atoms with E-state index in [0.29, 0.717) is 19.3 Å². The molecule has 0 saturated carbocycles. The average molecular weight is 986 g/mol. The molecule has 0 aliphatic rings. The molecular formula is C62H114NO7+. The Morgan fingerprint density at radius 2 is 0.800 bits per heavy atom. The van der Waals surface area contributed by atoms with Crippen LogP contribution in [-0.2, 0) is 28.6 Å². The fourth-order valence-corrected chi connectivity index (χ4v) is 8.93. The van der Waals surface area contributed by atoms with Gasteiger partial charge in [-0.05, 0) is 70.6 Å². The van der Waals surface area contributed by atoms with Crippen LogP contribution in [-0.4, -0.2) is 80.6 Å². The molecule has 0 aromatic rings. The number of carboxylic acids is 1. The fraction of sp³-hybridized carbons (Fsp3) is 0.823. The second-order valence-corrected chi connectivity index (χ2v) is 21.2. The number of unbranched alkanes of at least 4 members (excludes halogenated alkanes) is 32. The molecule has 0 spiro atoms. The molecule has 70 heavy (non-hydrogen) atoms. The summed E-state index contributed by atoms with van der Waals surface area (Å²) < 4.78 is 17.4. The summed E-state index contributed by atoms with van der Waals surface area (Å²) in [7, 11) is 5.55. The Kier molecular flexibility index (Phi) is 50.6. The predicted octanol–water partition coefficient (Wildman–Crippen LogP) is 17.9. The van der Waals surface area contributed by atoms with Crippen LogP contribution in [0.4, 0.5) is 0 Å². The standard InChI is InChI=1S/C62H113NO7/c1-6-8-10-12-14-16-18-20-22-24-26-28-30-32-34-36-38-40-42-44-46-48-50-52-60(64)69-57-58(56-68-55-54-59(62(66)67)63(3,4)5)70-61(65)53-51-49-47-45-43-41-39-37-35-33-31-29-27-25-23-21-19-17-15-13-11-9-7-2/h8,10,14,16,20,22,33,35,58-59H,6-7,9,11-13,15,17-19,21,23-32,34,36-57H2,1-5H3/p+1/b10-8+,16-14+,22-20+,35-33+. The molecule has 1 N–H and O–H groups in total. The second kappa shape index (κ2) is 52.6. The number of likely N-dealkylation sites (N-methyl/N-ethyl adjacent to an activating group) is 1. The Morgan fingerprint density at radius 3 is 1.20 bits per heavy atom. The molecule has 2 atom stereocenters. The van der Waals surface area contributed by atoms with Gasteiger partial charge in [-0.2, -0.15) is 0 Å². The fourth-order valence-electron chi connectivity index (χ4n) is 8.93. The SMILES string of the molecule is CC/C=C/C/C=C/C/C=C/CCCCCCCCCCCCCCCC(=O)OCC(COCCC(C(=O)O)[N+](C)(C)C)OC(=O)CCCCCCCCC/C=C/CCCCCCCCCCCCCC. The van der Waals surface area contributed by atoms with Gasteiger partial charge in [0.2, 0.25) is 0 Å². The summed E-state index contributed by atoms with van der Waals surface area (Å²) in [6.07, 6.45) is 66.1. The molecule has 2 unspecified atom stereocenters. The number of allylic oxidation sites excluding steroid dienone is 8. The van der Waals surface area contributed by atoms with Gasteiger partial charge >= 0.3 is 17.9 Å². The first-order chi connectivity index (χ1) is 34.1. The first kappa shape index (κ1) is 67.3. The first-order valence-corrected chi connectivity index (χ1v) is 29.7. The highest BCUT2D eigenvalue weighted by molar-refractivity contribution is 5.72. The van der Waals surface area contributed by atoms with Gasteiger partial charge in [0.25, 0.3) is 0 Å². The normalized spacial score (nSPS) is 13.1. The third-order valence-electron chi connectivity index (χ3n) is 13.5. The Morgan fingerprint density at radius 1 is 0.443 bits per heavy atom. The van der Waals surface area contributed by atoms with Crippen molar-refractivity contribution in [3.05, 3.63) is 48.6 Å². The summed E-state index contributed by atoms with van der Waals surface area (Å²) in [6, 6.07) is -0.617. The lowest BCUT2D eigenvalue weighted by Gasteiger charge is -2.31. The van der Waals surface area contributed by atoms with Crippen molar-refractivity contribution >= 4 is 17.9 Å². The molecule has 0 aromatic heterocycles. The van der Waals surface area contributed by atoms with E-state index in [4.69, 9.17) is 14.2 Å². The molecule has 8 heteroatoms. The van der Waals surface area contributed by atoms with Gasteiger partial charge in [-0.1, -0.05) is 236 Å². The molecule has 0 amide bonds. The summed E-state index contributed by atoms with van der Waals surface area (Å²) >= 11 is 0. The summed E-state index contributed by atoms with van der Waals surface area (Å²) in [6.45, 7) is 4.67. The lowest BCUT2D eigenvalue weighted by molar-refractivity contribution is -0.887. The average Bonchev–Trinajstić information content (AvgIpc) is 3.33. The van der Waals surface area contributed by atoms with Crippen LogP contribution in [0.1, 0.15) is 277 Å². The minimum absolute atomic E-state index is 0.0516. The maximum Gasteiger partial charge on any atom is 0.362 e. The number of quaternary nitrogens is 1. The molecule has 0 saturated heterocycles. The summed E-state index contributed by atoms with van der Waals surface area (Å²) in [4.78, 5) is 37.3. The van der Waals surface area contributed by atoms with E-state index in [9.17, 15) is 19.5 Å². The van der Waals surface area contributed by atoms with Crippen molar-refractivity contribution in [3.63, 3.8) is 0 Å². The summed E-state index contributed by atoms with van der Waals surface area (Å²) in [5.41, 5.74) is 0. The highest BCUT2D eigenvalue weighted by atomic mass is 16.6. The topological polar surface area (TPSA) is 99.1 Å². The van der Waals surface area contributed by atoms with E-state index in [1.54, 1.807) is 0 Å². The molecule has 0 aliphatic carbocycles. The molecule has 0 rings (SSSR count). The van der Waals surface area contributed by atoms with Gasteiger partial charge in [0.05, 0.1) is 34.4 Å². The number of nitrogens with zero attached hydrogens (tertiary/aromatic N) is 1. The van der Waals surface area contributed by atoms with E-state index in [-0.39, 0.29) is 36.2 Å². The van der Waals surface area contributed by atoms with E-state index in [0.717, 1.165) is 57.8 Å². The molecule has 0 radical (unpaired) electrons. The Bertz CT molecular complexity index is 1280. The number of aliphatic carboxylic acids is 1. The third kappa shape index (κ3) is 50.2. The van der Waals surface area contributed by atoms with Crippen molar-refractivity contribution in [1.29, 1.82) is 0 Å². The van der Waals surface area contributed by atoms with Crippen molar-refractivity contribution < 1.29 is 38.2 Å². The molecule has 0 aromatic carbocycles. The van der Waals surface area contributed by atoms with E-state index in [1.165, 1.54) is 186 Å². The van der Waals surface area contributed by atoms with Gasteiger partial charge in [-0.25, -0.2) is 4.79 Å². The van der Waals surface area contributed by atoms with E-state index < -0.39 is 18.1 Å². The zero-order valence-electron chi connectivity index (χ0n) is 46.7. The van der Waals surface area contributed by atoms with Gasteiger partial charge in [0, 0.05) is 19.3 Å². The Labute approximate surface area is 433 Å². The van der Waals surface area contributed by atoms with Crippen molar-refractivity contribution in [2.24, 2.45) is 0 Å². The Hall–Kier alpha value is -2.71. The third-order valence-corrected chi connectivity index (χ3v) is 13.5. The minimum Gasteiger partial charge on any atom is -0.477 e. The maximum absolute atomic E-state index is 12.9. The molecule has 408 valence electrons.